The van der Waals surface area contributed by atoms with Gasteiger partial charge in [-0.15, -0.1) is 0 Å². The molecule has 0 aliphatic carbocycles. The molecule has 2 aromatic rings. The maximum Gasteiger partial charge on any atom is 0.124 e. The van der Waals surface area contributed by atoms with Crippen molar-refractivity contribution in [3.8, 4) is 0 Å². The molecule has 1 N–H and O–H groups in total. The van der Waals surface area contributed by atoms with Crippen LogP contribution in [0.4, 0.5) is 8.78 Å². The number of rotatable bonds is 4. The normalized spacial score (nSPS) is 14.1. The minimum absolute atomic E-state index is 0.286. The number of benzene rings is 2. The van der Waals surface area contributed by atoms with Gasteiger partial charge in [0, 0.05) is 10.9 Å². The fourth-order valence-electron chi connectivity index (χ4n) is 2.19. The van der Waals surface area contributed by atoms with E-state index in [0.717, 1.165) is 5.56 Å². The van der Waals surface area contributed by atoms with Crippen LogP contribution in [-0.4, -0.2) is 5.11 Å². The highest BCUT2D eigenvalue weighted by molar-refractivity contribution is 9.10. The molecule has 0 heterocycles. The molecule has 0 saturated carbocycles. The molecule has 2 rings (SSSR count). The van der Waals surface area contributed by atoms with Crippen molar-refractivity contribution in [1.82, 2.24) is 0 Å². The van der Waals surface area contributed by atoms with Gasteiger partial charge in [-0.1, -0.05) is 41.1 Å². The predicted octanol–water partition coefficient (Wildman–Crippen LogP) is 4.57. The zero-order valence-electron chi connectivity index (χ0n) is 11.0. The Hall–Kier alpha value is -1.26. The van der Waals surface area contributed by atoms with E-state index in [2.05, 4.69) is 15.9 Å². The highest BCUT2D eigenvalue weighted by Crippen LogP contribution is 2.32. The van der Waals surface area contributed by atoms with Gasteiger partial charge in [-0.05, 0) is 41.8 Å². The molecule has 0 aromatic heterocycles. The fourth-order valence-corrected chi connectivity index (χ4v) is 2.68. The molecule has 0 spiro atoms. The second-order valence-electron chi connectivity index (χ2n) is 4.81. The van der Waals surface area contributed by atoms with Gasteiger partial charge in [-0.3, -0.25) is 0 Å². The molecular formula is C16H15BrF2O. The largest absolute Gasteiger partial charge is 0.385 e. The quantitative estimate of drug-likeness (QED) is 0.864. The third-order valence-electron chi connectivity index (χ3n) is 3.44. The van der Waals surface area contributed by atoms with E-state index < -0.39 is 5.60 Å². The third-order valence-corrected chi connectivity index (χ3v) is 4.18. The van der Waals surface area contributed by atoms with Crippen LogP contribution in [0.15, 0.2) is 46.9 Å². The van der Waals surface area contributed by atoms with E-state index in [-0.39, 0.29) is 18.1 Å². The molecule has 0 aliphatic heterocycles. The zero-order chi connectivity index (χ0) is 14.8. The summed E-state index contributed by atoms with van der Waals surface area (Å²) in [5.74, 6) is -0.723. The molecule has 4 heteroatoms. The van der Waals surface area contributed by atoms with Crippen LogP contribution in [0.5, 0.6) is 0 Å². The van der Waals surface area contributed by atoms with Crippen LogP contribution in [0.25, 0.3) is 0 Å². The van der Waals surface area contributed by atoms with E-state index in [1.807, 2.05) is 6.92 Å². The highest BCUT2D eigenvalue weighted by atomic mass is 79.9. The van der Waals surface area contributed by atoms with Crippen LogP contribution in [0.2, 0.25) is 0 Å². The van der Waals surface area contributed by atoms with Gasteiger partial charge in [-0.25, -0.2) is 8.78 Å². The minimum atomic E-state index is -1.18. The topological polar surface area (TPSA) is 20.2 Å². The lowest BCUT2D eigenvalue weighted by molar-refractivity contribution is 0.0322. The van der Waals surface area contributed by atoms with Crippen LogP contribution in [0.1, 0.15) is 24.5 Å². The third kappa shape index (κ3) is 3.25. The van der Waals surface area contributed by atoms with Crippen LogP contribution in [0, 0.1) is 11.6 Å². The Morgan fingerprint density at radius 3 is 2.40 bits per heavy atom. The van der Waals surface area contributed by atoms with Crippen molar-refractivity contribution in [2.75, 3.05) is 0 Å². The first-order chi connectivity index (χ1) is 9.44. The van der Waals surface area contributed by atoms with Crippen molar-refractivity contribution in [2.24, 2.45) is 0 Å². The van der Waals surface area contributed by atoms with Crippen molar-refractivity contribution in [2.45, 2.75) is 25.4 Å². The van der Waals surface area contributed by atoms with Crippen molar-refractivity contribution in [1.29, 1.82) is 0 Å². The lowest BCUT2D eigenvalue weighted by atomic mass is 9.85. The molecule has 2 aromatic carbocycles. The minimum Gasteiger partial charge on any atom is -0.385 e. The van der Waals surface area contributed by atoms with Crippen molar-refractivity contribution in [3.05, 3.63) is 69.7 Å². The summed E-state index contributed by atoms with van der Waals surface area (Å²) >= 11 is 3.29. The molecule has 20 heavy (non-hydrogen) atoms. The standard InChI is InChI=1S/C16H15BrF2O/c1-2-16(20,12-4-3-5-13(18)8-12)10-11-6-7-14(19)9-15(11)17/h3-9,20H,2,10H2,1H3. The maximum absolute atomic E-state index is 13.3. The van der Waals surface area contributed by atoms with E-state index in [0.29, 0.717) is 16.5 Å². The van der Waals surface area contributed by atoms with Gasteiger partial charge in [0.25, 0.3) is 0 Å². The van der Waals surface area contributed by atoms with Crippen LogP contribution < -0.4 is 0 Å². The average molecular weight is 341 g/mol. The summed E-state index contributed by atoms with van der Waals surface area (Å²) in [6.07, 6.45) is 0.716. The second-order valence-corrected chi connectivity index (χ2v) is 5.66. The molecule has 1 unspecified atom stereocenters. The first kappa shape index (κ1) is 15.1. The molecule has 0 aliphatic rings. The summed E-state index contributed by atoms with van der Waals surface area (Å²) in [4.78, 5) is 0. The summed E-state index contributed by atoms with van der Waals surface area (Å²) in [7, 11) is 0. The van der Waals surface area contributed by atoms with Crippen LogP contribution in [0.3, 0.4) is 0 Å². The highest BCUT2D eigenvalue weighted by Gasteiger charge is 2.28. The van der Waals surface area contributed by atoms with Crippen LogP contribution in [-0.2, 0) is 12.0 Å². The van der Waals surface area contributed by atoms with Crippen molar-refractivity contribution >= 4 is 15.9 Å². The monoisotopic (exact) mass is 340 g/mol. The fraction of sp³-hybridized carbons (Fsp3) is 0.250. The van der Waals surface area contributed by atoms with E-state index in [4.69, 9.17) is 0 Å². The molecule has 1 atom stereocenters. The number of hydrogen-bond donors (Lipinski definition) is 1. The van der Waals surface area contributed by atoms with Gasteiger partial charge in [-0.2, -0.15) is 0 Å². The Bertz CT molecular complexity index is 615. The molecular weight excluding hydrogens is 326 g/mol. The van der Waals surface area contributed by atoms with Gasteiger partial charge in [0.15, 0.2) is 0 Å². The van der Waals surface area contributed by atoms with Gasteiger partial charge in [0.1, 0.15) is 11.6 Å². The number of hydrogen-bond acceptors (Lipinski definition) is 1. The molecule has 0 radical (unpaired) electrons. The molecule has 0 amide bonds. The molecule has 1 nitrogen and oxygen atoms in total. The predicted molar refractivity (Wildman–Crippen MR) is 78.4 cm³/mol. The van der Waals surface area contributed by atoms with Crippen LogP contribution >= 0.6 is 15.9 Å². The molecule has 0 saturated heterocycles. The zero-order valence-corrected chi connectivity index (χ0v) is 12.6. The summed E-state index contributed by atoms with van der Waals surface area (Å²) < 4.78 is 27.0. The van der Waals surface area contributed by atoms with Crippen molar-refractivity contribution < 1.29 is 13.9 Å². The smallest absolute Gasteiger partial charge is 0.124 e. The SMILES string of the molecule is CCC(O)(Cc1ccc(F)cc1Br)c1cccc(F)c1. The average Bonchev–Trinajstić information content (AvgIpc) is 2.42. The van der Waals surface area contributed by atoms with E-state index in [1.54, 1.807) is 18.2 Å². The first-order valence-corrected chi connectivity index (χ1v) is 7.16. The van der Waals surface area contributed by atoms with Gasteiger partial charge >= 0.3 is 0 Å². The Balaban J connectivity index is 2.36. The number of halogens is 3. The van der Waals surface area contributed by atoms with E-state index in [1.165, 1.54) is 24.3 Å². The Morgan fingerprint density at radius 2 is 1.80 bits per heavy atom. The summed E-state index contributed by atoms with van der Waals surface area (Å²) in [5.41, 5.74) is 0.124. The second kappa shape index (κ2) is 6.02. The van der Waals surface area contributed by atoms with Gasteiger partial charge in [0.05, 0.1) is 5.60 Å². The summed E-state index contributed by atoms with van der Waals surface area (Å²) in [6, 6.07) is 10.3. The van der Waals surface area contributed by atoms with Crippen molar-refractivity contribution in [3.63, 3.8) is 0 Å². The van der Waals surface area contributed by atoms with Gasteiger partial charge in [0.2, 0.25) is 0 Å². The molecule has 0 fully saturated rings. The Kier molecular flexibility index (Phi) is 4.55. The lowest BCUT2D eigenvalue weighted by Crippen LogP contribution is -2.28. The summed E-state index contributed by atoms with van der Waals surface area (Å²) in [6.45, 7) is 1.84. The Morgan fingerprint density at radius 1 is 1.10 bits per heavy atom. The summed E-state index contributed by atoms with van der Waals surface area (Å²) in [5, 5.41) is 10.8. The maximum atomic E-state index is 13.3. The Labute approximate surface area is 125 Å². The van der Waals surface area contributed by atoms with Gasteiger partial charge < -0.3 is 5.11 Å². The van der Waals surface area contributed by atoms with E-state index >= 15 is 0 Å². The molecule has 106 valence electrons. The molecule has 0 bridgehead atoms. The first-order valence-electron chi connectivity index (χ1n) is 6.37. The lowest BCUT2D eigenvalue weighted by Gasteiger charge is -2.28. The van der Waals surface area contributed by atoms with E-state index in [9.17, 15) is 13.9 Å². The number of aliphatic hydroxyl groups is 1.